The number of nitrogens with zero attached hydrogens (tertiary/aromatic N) is 2. The Morgan fingerprint density at radius 3 is 2.62 bits per heavy atom. The maximum absolute atomic E-state index is 13.2. The average molecular weight is 407 g/mol. The van der Waals surface area contributed by atoms with Crippen molar-refractivity contribution in [2.24, 2.45) is 0 Å². The van der Waals surface area contributed by atoms with Gasteiger partial charge in [-0.2, -0.15) is 0 Å². The van der Waals surface area contributed by atoms with Crippen LogP contribution in [0.1, 0.15) is 10.4 Å². The molecule has 1 N–H and O–H groups in total. The van der Waals surface area contributed by atoms with Crippen molar-refractivity contribution in [3.8, 4) is 22.8 Å². The number of aromatic nitrogens is 2. The maximum Gasteiger partial charge on any atom is 0.271 e. The van der Waals surface area contributed by atoms with Gasteiger partial charge in [-0.25, -0.2) is 4.98 Å². The first-order chi connectivity index (χ1) is 14.1. The van der Waals surface area contributed by atoms with Gasteiger partial charge in [-0.3, -0.25) is 14.0 Å². The number of methoxy groups -OCH3 is 2. The zero-order chi connectivity index (χ0) is 20.4. The summed E-state index contributed by atoms with van der Waals surface area (Å²) >= 11 is 1.30. The second-order valence-corrected chi connectivity index (χ2v) is 6.94. The molecule has 0 atom stereocenters. The predicted molar refractivity (Wildman–Crippen MR) is 112 cm³/mol. The van der Waals surface area contributed by atoms with Gasteiger partial charge in [0.1, 0.15) is 17.1 Å². The molecule has 4 aromatic rings. The SMILES string of the molecule is COc1ccc(OC)c(-c2csc3ncc(C(=O)Nc4ccccc4)c(=O)n23)c1. The van der Waals surface area contributed by atoms with Crippen LogP contribution in [0.4, 0.5) is 5.69 Å². The van der Waals surface area contributed by atoms with Crippen molar-refractivity contribution < 1.29 is 14.3 Å². The molecule has 2 aromatic heterocycles. The first kappa shape index (κ1) is 18.7. The topological polar surface area (TPSA) is 81.9 Å². The van der Waals surface area contributed by atoms with Crippen LogP contribution in [0.5, 0.6) is 11.5 Å². The number of hydrogen-bond acceptors (Lipinski definition) is 6. The number of anilines is 1. The van der Waals surface area contributed by atoms with Crippen LogP contribution in [-0.2, 0) is 0 Å². The number of nitrogens with one attached hydrogen (secondary N) is 1. The fourth-order valence-electron chi connectivity index (χ4n) is 2.97. The first-order valence-electron chi connectivity index (χ1n) is 8.70. The van der Waals surface area contributed by atoms with Gasteiger partial charge >= 0.3 is 0 Å². The Bertz CT molecular complexity index is 1250. The summed E-state index contributed by atoms with van der Waals surface area (Å²) in [6, 6.07) is 14.3. The van der Waals surface area contributed by atoms with E-state index in [1.807, 2.05) is 6.07 Å². The summed E-state index contributed by atoms with van der Waals surface area (Å²) in [5, 5.41) is 4.53. The lowest BCUT2D eigenvalue weighted by atomic mass is 10.1. The summed E-state index contributed by atoms with van der Waals surface area (Å²) in [6.07, 6.45) is 1.30. The predicted octanol–water partition coefficient (Wildman–Crippen LogP) is 3.69. The molecule has 2 aromatic carbocycles. The number of thiazole rings is 1. The van der Waals surface area contributed by atoms with E-state index in [1.54, 1.807) is 62.1 Å². The van der Waals surface area contributed by atoms with Gasteiger partial charge in [0.15, 0.2) is 4.96 Å². The Morgan fingerprint density at radius 1 is 1.10 bits per heavy atom. The summed E-state index contributed by atoms with van der Waals surface area (Å²) in [6.45, 7) is 0. The van der Waals surface area contributed by atoms with E-state index in [1.165, 1.54) is 21.9 Å². The first-order valence-corrected chi connectivity index (χ1v) is 9.58. The number of ether oxygens (including phenoxy) is 2. The average Bonchev–Trinajstić information content (AvgIpc) is 3.19. The fourth-order valence-corrected chi connectivity index (χ4v) is 3.82. The van der Waals surface area contributed by atoms with E-state index in [-0.39, 0.29) is 5.56 Å². The normalized spacial score (nSPS) is 10.7. The standard InChI is InChI=1S/C21H17N3O4S/c1-27-14-8-9-18(28-2)15(10-14)17-12-29-21-22-11-16(20(26)24(17)21)19(25)23-13-6-4-3-5-7-13/h3-12H,1-2H3,(H,23,25). The van der Waals surface area contributed by atoms with E-state index in [0.717, 1.165) is 0 Å². The van der Waals surface area contributed by atoms with Crippen LogP contribution in [0.3, 0.4) is 0 Å². The van der Waals surface area contributed by atoms with Crippen molar-refractivity contribution in [3.05, 3.63) is 76.0 Å². The van der Waals surface area contributed by atoms with E-state index in [0.29, 0.717) is 33.4 Å². The second-order valence-electron chi connectivity index (χ2n) is 6.10. The lowest BCUT2D eigenvalue weighted by Crippen LogP contribution is -2.26. The van der Waals surface area contributed by atoms with E-state index in [9.17, 15) is 9.59 Å². The molecule has 0 unspecified atom stereocenters. The molecule has 0 aliphatic heterocycles. The number of carbonyl (C=O) groups is 1. The summed E-state index contributed by atoms with van der Waals surface area (Å²) in [4.78, 5) is 30.6. The molecule has 2 heterocycles. The van der Waals surface area contributed by atoms with E-state index in [2.05, 4.69) is 10.3 Å². The highest BCUT2D eigenvalue weighted by molar-refractivity contribution is 7.15. The summed E-state index contributed by atoms with van der Waals surface area (Å²) in [7, 11) is 3.12. The van der Waals surface area contributed by atoms with Crippen LogP contribution in [0.2, 0.25) is 0 Å². The molecular weight excluding hydrogens is 390 g/mol. The summed E-state index contributed by atoms with van der Waals surface area (Å²) < 4.78 is 12.2. The van der Waals surface area contributed by atoms with Crippen molar-refractivity contribution in [2.45, 2.75) is 0 Å². The van der Waals surface area contributed by atoms with Gasteiger partial charge in [0, 0.05) is 22.8 Å². The van der Waals surface area contributed by atoms with Crippen molar-refractivity contribution in [3.63, 3.8) is 0 Å². The lowest BCUT2D eigenvalue weighted by molar-refractivity contribution is 0.102. The minimum absolute atomic E-state index is 0.0483. The van der Waals surface area contributed by atoms with Crippen LogP contribution in [0.15, 0.2) is 64.9 Å². The molecule has 4 rings (SSSR count). The van der Waals surface area contributed by atoms with Gasteiger partial charge in [0.25, 0.3) is 11.5 Å². The number of para-hydroxylation sites is 1. The molecule has 146 valence electrons. The quantitative estimate of drug-likeness (QED) is 0.546. The number of amides is 1. The molecule has 0 saturated heterocycles. The maximum atomic E-state index is 13.2. The monoisotopic (exact) mass is 407 g/mol. The molecule has 7 nitrogen and oxygen atoms in total. The van der Waals surface area contributed by atoms with Gasteiger partial charge in [-0.1, -0.05) is 18.2 Å². The third-order valence-electron chi connectivity index (χ3n) is 4.40. The Morgan fingerprint density at radius 2 is 1.90 bits per heavy atom. The molecule has 0 radical (unpaired) electrons. The van der Waals surface area contributed by atoms with Gasteiger partial charge in [0.05, 0.1) is 19.9 Å². The van der Waals surface area contributed by atoms with Crippen LogP contribution in [0, 0.1) is 0 Å². The number of rotatable bonds is 5. The zero-order valence-corrected chi connectivity index (χ0v) is 16.5. The third-order valence-corrected chi connectivity index (χ3v) is 5.24. The van der Waals surface area contributed by atoms with Gasteiger partial charge in [0.2, 0.25) is 0 Å². The molecule has 0 fully saturated rings. The second kappa shape index (κ2) is 7.76. The number of fused-ring (bicyclic) bond motifs is 1. The molecule has 0 spiro atoms. The Balaban J connectivity index is 1.84. The lowest BCUT2D eigenvalue weighted by Gasteiger charge is -2.10. The van der Waals surface area contributed by atoms with E-state index >= 15 is 0 Å². The Kier molecular flexibility index (Phi) is 5.01. The Hall–Kier alpha value is -3.65. The highest BCUT2D eigenvalue weighted by Crippen LogP contribution is 2.34. The van der Waals surface area contributed by atoms with Crippen molar-refractivity contribution >= 4 is 27.9 Å². The zero-order valence-electron chi connectivity index (χ0n) is 15.7. The smallest absolute Gasteiger partial charge is 0.271 e. The fraction of sp³-hybridized carbons (Fsp3) is 0.0952. The van der Waals surface area contributed by atoms with Gasteiger partial charge in [-0.05, 0) is 30.3 Å². The van der Waals surface area contributed by atoms with E-state index < -0.39 is 11.5 Å². The van der Waals surface area contributed by atoms with E-state index in [4.69, 9.17) is 9.47 Å². The number of hydrogen-bond donors (Lipinski definition) is 1. The molecule has 0 bridgehead atoms. The molecule has 0 aliphatic carbocycles. The third kappa shape index (κ3) is 3.45. The largest absolute Gasteiger partial charge is 0.497 e. The highest BCUT2D eigenvalue weighted by Gasteiger charge is 2.19. The minimum Gasteiger partial charge on any atom is -0.497 e. The minimum atomic E-state index is -0.516. The number of benzene rings is 2. The van der Waals surface area contributed by atoms with Crippen molar-refractivity contribution in [1.29, 1.82) is 0 Å². The summed E-state index contributed by atoms with van der Waals surface area (Å²) in [5.41, 5.74) is 1.34. The molecule has 0 aliphatic rings. The molecule has 0 saturated carbocycles. The van der Waals surface area contributed by atoms with Crippen LogP contribution in [0.25, 0.3) is 16.2 Å². The molecule has 1 amide bonds. The molecule has 29 heavy (non-hydrogen) atoms. The number of carbonyl (C=O) groups excluding carboxylic acids is 1. The molecular formula is C21H17N3O4S. The molecule has 8 heteroatoms. The highest BCUT2D eigenvalue weighted by atomic mass is 32.1. The van der Waals surface area contributed by atoms with Crippen LogP contribution >= 0.6 is 11.3 Å². The summed E-state index contributed by atoms with van der Waals surface area (Å²) in [5.74, 6) is 0.688. The van der Waals surface area contributed by atoms with Crippen molar-refractivity contribution in [2.75, 3.05) is 19.5 Å². The van der Waals surface area contributed by atoms with Crippen LogP contribution in [-0.4, -0.2) is 29.5 Å². The Labute approximate surface area is 170 Å². The van der Waals surface area contributed by atoms with Crippen molar-refractivity contribution in [1.82, 2.24) is 9.38 Å². The van der Waals surface area contributed by atoms with Gasteiger partial charge < -0.3 is 14.8 Å². The van der Waals surface area contributed by atoms with Gasteiger partial charge in [-0.15, -0.1) is 11.3 Å². The van der Waals surface area contributed by atoms with Crippen LogP contribution < -0.4 is 20.3 Å².